The Morgan fingerprint density at radius 3 is 2.18 bits per heavy atom. The Hall–Kier alpha value is -1.84. The Balaban J connectivity index is 1.74. The number of carbonyl (C=O) groups is 1. The summed E-state index contributed by atoms with van der Waals surface area (Å²) >= 11 is 5.99. The minimum atomic E-state index is 0.200. The summed E-state index contributed by atoms with van der Waals surface area (Å²) in [5.74, 6) is 0.200. The average Bonchev–Trinajstić information content (AvgIpc) is 2.69. The maximum Gasteiger partial charge on any atom is 0.227 e. The van der Waals surface area contributed by atoms with Gasteiger partial charge in [0.05, 0.1) is 6.42 Å². The van der Waals surface area contributed by atoms with Gasteiger partial charge in [-0.3, -0.25) is 4.79 Å². The lowest BCUT2D eigenvalue weighted by molar-refractivity contribution is -0.134. The molecule has 3 nitrogen and oxygen atoms in total. The molecule has 2 aromatic carbocycles. The number of carbonyl (C=O) groups excluding carboxylic acids is 1. The quantitative estimate of drug-likeness (QED) is 0.676. The van der Waals surface area contributed by atoms with Crippen molar-refractivity contribution < 1.29 is 4.79 Å². The van der Waals surface area contributed by atoms with Crippen molar-refractivity contribution in [3.63, 3.8) is 0 Å². The zero-order valence-corrected chi connectivity index (χ0v) is 18.0. The fourth-order valence-corrected chi connectivity index (χ4v) is 4.03. The van der Waals surface area contributed by atoms with Crippen molar-refractivity contribution in [1.29, 1.82) is 0 Å². The molecule has 0 N–H and O–H groups in total. The van der Waals surface area contributed by atoms with Gasteiger partial charge in [0, 0.05) is 36.7 Å². The van der Waals surface area contributed by atoms with Crippen LogP contribution in [0.4, 0.5) is 0 Å². The van der Waals surface area contributed by atoms with Crippen molar-refractivity contribution in [3.8, 4) is 0 Å². The maximum atomic E-state index is 13.3. The van der Waals surface area contributed by atoms with Gasteiger partial charge in [-0.15, -0.1) is 0 Å². The first-order valence-corrected chi connectivity index (χ1v) is 10.6. The topological polar surface area (TPSA) is 23.6 Å². The fraction of sp³-hybridized carbons (Fsp3) is 0.458. The predicted molar refractivity (Wildman–Crippen MR) is 117 cm³/mol. The Morgan fingerprint density at radius 1 is 1.04 bits per heavy atom. The summed E-state index contributed by atoms with van der Waals surface area (Å²) in [5, 5.41) is 0.703. The molecule has 0 atom stereocenters. The van der Waals surface area contributed by atoms with Crippen molar-refractivity contribution >= 4 is 17.5 Å². The Bertz CT molecular complexity index is 762. The van der Waals surface area contributed by atoms with E-state index in [1.54, 1.807) is 0 Å². The van der Waals surface area contributed by atoms with Gasteiger partial charge in [0.25, 0.3) is 0 Å². The van der Waals surface area contributed by atoms with Crippen LogP contribution in [0.5, 0.6) is 0 Å². The molecule has 1 fully saturated rings. The third-order valence-corrected chi connectivity index (χ3v) is 5.98. The lowest BCUT2D eigenvalue weighted by atomic mass is 9.99. The molecular formula is C24H31ClN2O. The minimum absolute atomic E-state index is 0.200. The molecule has 150 valence electrons. The molecule has 1 heterocycles. The number of piperidine rings is 1. The molecule has 0 aliphatic carbocycles. The Morgan fingerprint density at radius 2 is 1.61 bits per heavy atom. The van der Waals surface area contributed by atoms with E-state index in [0.717, 1.165) is 31.5 Å². The van der Waals surface area contributed by atoms with Crippen LogP contribution in [-0.4, -0.2) is 40.9 Å². The molecule has 2 aromatic rings. The first-order valence-electron chi connectivity index (χ1n) is 10.3. The molecule has 4 heteroatoms. The molecule has 1 aliphatic rings. The lowest BCUT2D eigenvalue weighted by Gasteiger charge is -2.40. The molecule has 1 amide bonds. The third kappa shape index (κ3) is 5.59. The fourth-order valence-electron chi connectivity index (χ4n) is 3.90. The monoisotopic (exact) mass is 398 g/mol. The highest BCUT2D eigenvalue weighted by Gasteiger charge is 2.28. The van der Waals surface area contributed by atoms with Crippen molar-refractivity contribution in [3.05, 3.63) is 70.2 Å². The number of hydrogen-bond acceptors (Lipinski definition) is 2. The lowest BCUT2D eigenvalue weighted by Crippen LogP contribution is -2.49. The van der Waals surface area contributed by atoms with Crippen LogP contribution in [0.1, 0.15) is 43.4 Å². The Kier molecular flexibility index (Phi) is 7.14. The third-order valence-electron chi connectivity index (χ3n) is 5.73. The molecule has 0 bridgehead atoms. The zero-order valence-electron chi connectivity index (χ0n) is 17.2. The number of nitrogens with zero attached hydrogens (tertiary/aromatic N) is 2. The Labute approximate surface area is 174 Å². The number of amides is 1. The van der Waals surface area contributed by atoms with Gasteiger partial charge in [0.1, 0.15) is 0 Å². The van der Waals surface area contributed by atoms with E-state index in [4.69, 9.17) is 11.6 Å². The van der Waals surface area contributed by atoms with Gasteiger partial charge < -0.3 is 9.80 Å². The molecule has 0 aromatic heterocycles. The van der Waals surface area contributed by atoms with Crippen LogP contribution >= 0.6 is 11.6 Å². The summed E-state index contributed by atoms with van der Waals surface area (Å²) in [6.07, 6.45) is 2.50. The molecule has 0 unspecified atom stereocenters. The molecule has 0 radical (unpaired) electrons. The molecule has 0 spiro atoms. The summed E-state index contributed by atoms with van der Waals surface area (Å²) < 4.78 is 0. The first-order chi connectivity index (χ1) is 13.4. The van der Waals surface area contributed by atoms with Crippen molar-refractivity contribution in [1.82, 2.24) is 9.80 Å². The summed E-state index contributed by atoms with van der Waals surface area (Å²) in [7, 11) is 0. The molecular weight excluding hydrogens is 368 g/mol. The minimum Gasteiger partial charge on any atom is -0.335 e. The van der Waals surface area contributed by atoms with E-state index < -0.39 is 0 Å². The van der Waals surface area contributed by atoms with Crippen molar-refractivity contribution in [2.75, 3.05) is 13.1 Å². The van der Waals surface area contributed by atoms with Gasteiger partial charge >= 0.3 is 0 Å². The predicted octanol–water partition coefficient (Wildman–Crippen LogP) is 5.09. The number of hydrogen-bond donors (Lipinski definition) is 0. The first kappa shape index (κ1) is 20.9. The van der Waals surface area contributed by atoms with Gasteiger partial charge in [-0.1, -0.05) is 53.6 Å². The summed E-state index contributed by atoms with van der Waals surface area (Å²) in [6.45, 7) is 9.38. The highest BCUT2D eigenvalue weighted by Crippen LogP contribution is 2.22. The van der Waals surface area contributed by atoms with Crippen LogP contribution in [0.3, 0.4) is 0 Å². The normalized spacial score (nSPS) is 15.8. The van der Waals surface area contributed by atoms with Crippen molar-refractivity contribution in [2.45, 2.75) is 58.7 Å². The standard InChI is InChI=1S/C24H31ClN2O/c1-18(2)26-14-12-23(13-15-26)27(17-21-6-4-19(3)5-7-21)24(28)16-20-8-10-22(25)11-9-20/h4-11,18,23H,12-17H2,1-3H3. The van der Waals surface area contributed by atoms with Gasteiger partial charge in [-0.2, -0.15) is 0 Å². The van der Waals surface area contributed by atoms with E-state index in [-0.39, 0.29) is 5.91 Å². The van der Waals surface area contributed by atoms with Crippen LogP contribution in [0.2, 0.25) is 5.02 Å². The summed E-state index contributed by atoms with van der Waals surface area (Å²) in [4.78, 5) is 17.9. The van der Waals surface area contributed by atoms with Crippen LogP contribution < -0.4 is 0 Å². The second-order valence-corrected chi connectivity index (χ2v) is 8.61. The van der Waals surface area contributed by atoms with Crippen LogP contribution in [0.25, 0.3) is 0 Å². The zero-order chi connectivity index (χ0) is 20.1. The number of aryl methyl sites for hydroxylation is 1. The highest BCUT2D eigenvalue weighted by atomic mass is 35.5. The van der Waals surface area contributed by atoms with E-state index in [0.29, 0.717) is 30.1 Å². The molecule has 1 aliphatic heterocycles. The van der Waals surface area contributed by atoms with Crippen molar-refractivity contribution in [2.24, 2.45) is 0 Å². The largest absolute Gasteiger partial charge is 0.335 e. The van der Waals surface area contributed by atoms with Crippen LogP contribution in [-0.2, 0) is 17.8 Å². The van der Waals surface area contributed by atoms with E-state index >= 15 is 0 Å². The number of rotatable bonds is 6. The van der Waals surface area contributed by atoms with Gasteiger partial charge in [-0.25, -0.2) is 0 Å². The van der Waals surface area contributed by atoms with E-state index in [2.05, 4.69) is 54.8 Å². The average molecular weight is 399 g/mol. The molecule has 3 rings (SSSR count). The highest BCUT2D eigenvalue weighted by molar-refractivity contribution is 6.30. The molecule has 28 heavy (non-hydrogen) atoms. The molecule has 0 saturated carbocycles. The second-order valence-electron chi connectivity index (χ2n) is 8.17. The smallest absolute Gasteiger partial charge is 0.227 e. The summed E-state index contributed by atoms with van der Waals surface area (Å²) in [5.41, 5.74) is 3.46. The number of halogens is 1. The van der Waals surface area contributed by atoms with E-state index in [1.807, 2.05) is 24.3 Å². The number of benzene rings is 2. The van der Waals surface area contributed by atoms with Gasteiger partial charge in [0.2, 0.25) is 5.91 Å². The van der Waals surface area contributed by atoms with Crippen LogP contribution in [0.15, 0.2) is 48.5 Å². The molecule has 1 saturated heterocycles. The summed E-state index contributed by atoms with van der Waals surface area (Å²) in [6, 6.07) is 17.0. The van der Waals surface area contributed by atoms with Crippen LogP contribution in [0, 0.1) is 6.92 Å². The maximum absolute atomic E-state index is 13.3. The number of likely N-dealkylation sites (tertiary alicyclic amines) is 1. The van der Waals surface area contributed by atoms with Gasteiger partial charge in [0.15, 0.2) is 0 Å². The second kappa shape index (κ2) is 9.58. The van der Waals surface area contributed by atoms with E-state index in [1.165, 1.54) is 11.1 Å². The SMILES string of the molecule is Cc1ccc(CN(C(=O)Cc2ccc(Cl)cc2)C2CCN(C(C)C)CC2)cc1. The van der Waals surface area contributed by atoms with E-state index in [9.17, 15) is 4.79 Å². The van der Waals surface area contributed by atoms with Gasteiger partial charge in [-0.05, 0) is 56.9 Å².